The van der Waals surface area contributed by atoms with Gasteiger partial charge < -0.3 is 0 Å². The first kappa shape index (κ1) is 15.4. The molecule has 0 saturated heterocycles. The third kappa shape index (κ3) is 3.77. The van der Waals surface area contributed by atoms with Crippen LogP contribution >= 0.6 is 0 Å². The molecule has 1 aromatic heterocycles. The summed E-state index contributed by atoms with van der Waals surface area (Å²) in [5.74, 6) is 4.61. The third-order valence-electron chi connectivity index (χ3n) is 3.06. The average molecular weight is 299 g/mol. The summed E-state index contributed by atoms with van der Waals surface area (Å²) < 4.78 is 52.4. The quantitative estimate of drug-likeness (QED) is 0.518. The Bertz CT molecular complexity index is 599. The van der Waals surface area contributed by atoms with Gasteiger partial charge in [-0.25, -0.2) is 4.39 Å². The molecule has 0 bridgehead atoms. The van der Waals surface area contributed by atoms with E-state index in [9.17, 15) is 17.6 Å². The van der Waals surface area contributed by atoms with Crippen molar-refractivity contribution in [2.24, 2.45) is 5.84 Å². The summed E-state index contributed by atoms with van der Waals surface area (Å²) in [4.78, 5) is 3.89. The van der Waals surface area contributed by atoms with Gasteiger partial charge in [0, 0.05) is 12.4 Å². The van der Waals surface area contributed by atoms with Crippen LogP contribution in [0.25, 0.3) is 0 Å². The van der Waals surface area contributed by atoms with E-state index in [2.05, 4.69) is 10.4 Å². The number of halogens is 4. The number of hydrogen-bond acceptors (Lipinski definition) is 3. The predicted molar refractivity (Wildman–Crippen MR) is 69.4 cm³/mol. The van der Waals surface area contributed by atoms with Gasteiger partial charge in [0.2, 0.25) is 0 Å². The molecule has 2 rings (SSSR count). The molecule has 1 heterocycles. The lowest BCUT2D eigenvalue weighted by molar-refractivity contribution is -0.138. The molecule has 0 aliphatic rings. The topological polar surface area (TPSA) is 50.9 Å². The molecule has 0 fully saturated rings. The lowest BCUT2D eigenvalue weighted by atomic mass is 9.95. The van der Waals surface area contributed by atoms with Crippen molar-refractivity contribution in [2.45, 2.75) is 18.6 Å². The molecule has 0 spiro atoms. The number of pyridine rings is 1. The molecule has 0 amide bonds. The first-order valence-corrected chi connectivity index (χ1v) is 6.13. The molecule has 7 heteroatoms. The number of aromatic nitrogens is 1. The van der Waals surface area contributed by atoms with Crippen molar-refractivity contribution < 1.29 is 17.6 Å². The van der Waals surface area contributed by atoms with Gasteiger partial charge in [0.25, 0.3) is 0 Å². The van der Waals surface area contributed by atoms with Crippen LogP contribution in [-0.2, 0) is 12.6 Å². The normalized spacial score (nSPS) is 13.2. The standard InChI is InChI=1S/C14H13F4N3/c15-10-3-4-12(14(16,17)18)11(7-10)13(21-19)6-9-2-1-5-20-8-9/h1-5,7-8,13,21H,6,19H2. The largest absolute Gasteiger partial charge is 0.416 e. The van der Waals surface area contributed by atoms with Crippen LogP contribution in [0.2, 0.25) is 0 Å². The fourth-order valence-electron chi connectivity index (χ4n) is 2.09. The van der Waals surface area contributed by atoms with Crippen LogP contribution in [0, 0.1) is 5.82 Å². The minimum atomic E-state index is -4.58. The Kier molecular flexibility index (Phi) is 4.54. The Balaban J connectivity index is 2.40. The molecule has 21 heavy (non-hydrogen) atoms. The number of alkyl halides is 3. The van der Waals surface area contributed by atoms with Crippen LogP contribution < -0.4 is 11.3 Å². The van der Waals surface area contributed by atoms with Crippen molar-refractivity contribution >= 4 is 0 Å². The number of hydrogen-bond donors (Lipinski definition) is 2. The fraction of sp³-hybridized carbons (Fsp3) is 0.214. The van der Waals surface area contributed by atoms with E-state index < -0.39 is 23.6 Å². The summed E-state index contributed by atoms with van der Waals surface area (Å²) in [5, 5.41) is 0. The zero-order chi connectivity index (χ0) is 15.5. The second kappa shape index (κ2) is 6.19. The molecular formula is C14H13F4N3. The highest BCUT2D eigenvalue weighted by Crippen LogP contribution is 2.35. The van der Waals surface area contributed by atoms with Gasteiger partial charge in [-0.1, -0.05) is 6.07 Å². The maximum absolute atomic E-state index is 13.3. The third-order valence-corrected chi connectivity index (χ3v) is 3.06. The zero-order valence-corrected chi connectivity index (χ0v) is 10.9. The minimum Gasteiger partial charge on any atom is -0.271 e. The van der Waals surface area contributed by atoms with Crippen LogP contribution in [0.5, 0.6) is 0 Å². The van der Waals surface area contributed by atoms with Crippen LogP contribution in [0.3, 0.4) is 0 Å². The Morgan fingerprint density at radius 1 is 1.24 bits per heavy atom. The predicted octanol–water partition coefficient (Wildman–Crippen LogP) is 2.99. The van der Waals surface area contributed by atoms with E-state index in [0.29, 0.717) is 5.56 Å². The molecule has 3 N–H and O–H groups in total. The molecule has 1 aromatic carbocycles. The summed E-state index contributed by atoms with van der Waals surface area (Å²) in [6, 6.07) is 4.86. The van der Waals surface area contributed by atoms with Crippen LogP contribution in [0.15, 0.2) is 42.7 Å². The van der Waals surface area contributed by atoms with Crippen LogP contribution in [0.1, 0.15) is 22.7 Å². The molecule has 1 unspecified atom stereocenters. The van der Waals surface area contributed by atoms with E-state index in [0.717, 1.165) is 18.2 Å². The van der Waals surface area contributed by atoms with E-state index in [-0.39, 0.29) is 12.0 Å². The fourth-order valence-corrected chi connectivity index (χ4v) is 2.09. The minimum absolute atomic E-state index is 0.164. The van der Waals surface area contributed by atoms with Gasteiger partial charge in [0.1, 0.15) is 5.82 Å². The van der Waals surface area contributed by atoms with Crippen molar-refractivity contribution in [1.29, 1.82) is 0 Å². The van der Waals surface area contributed by atoms with E-state index in [1.165, 1.54) is 6.20 Å². The Morgan fingerprint density at radius 3 is 2.57 bits per heavy atom. The lowest BCUT2D eigenvalue weighted by Gasteiger charge is -2.21. The number of nitrogens with two attached hydrogens (primary N) is 1. The van der Waals surface area contributed by atoms with Gasteiger partial charge in [-0.3, -0.25) is 16.3 Å². The second-order valence-corrected chi connectivity index (χ2v) is 4.51. The Labute approximate surface area is 118 Å². The molecule has 1 atom stereocenters. The number of rotatable bonds is 4. The van der Waals surface area contributed by atoms with E-state index in [1.807, 2.05) is 0 Å². The van der Waals surface area contributed by atoms with E-state index in [1.54, 1.807) is 18.3 Å². The van der Waals surface area contributed by atoms with Crippen molar-refractivity contribution in [3.63, 3.8) is 0 Å². The molecule has 112 valence electrons. The van der Waals surface area contributed by atoms with Gasteiger partial charge in [0.15, 0.2) is 0 Å². The summed E-state index contributed by atoms with van der Waals surface area (Å²) in [6.07, 6.45) is -1.33. The van der Waals surface area contributed by atoms with Crippen molar-refractivity contribution in [2.75, 3.05) is 0 Å². The van der Waals surface area contributed by atoms with E-state index >= 15 is 0 Å². The van der Waals surface area contributed by atoms with Crippen LogP contribution in [0.4, 0.5) is 17.6 Å². The molecule has 3 nitrogen and oxygen atoms in total. The van der Waals surface area contributed by atoms with Crippen molar-refractivity contribution in [3.05, 3.63) is 65.2 Å². The maximum Gasteiger partial charge on any atom is 0.416 e. The summed E-state index contributed by atoms with van der Waals surface area (Å²) in [6.45, 7) is 0. The number of hydrazine groups is 1. The molecule has 0 radical (unpaired) electrons. The first-order chi connectivity index (χ1) is 9.91. The van der Waals surface area contributed by atoms with Gasteiger partial charge in [0.05, 0.1) is 11.6 Å². The van der Waals surface area contributed by atoms with E-state index in [4.69, 9.17) is 5.84 Å². The summed E-state index contributed by atoms with van der Waals surface area (Å²) >= 11 is 0. The number of nitrogens with one attached hydrogen (secondary N) is 1. The highest BCUT2D eigenvalue weighted by atomic mass is 19.4. The van der Waals surface area contributed by atoms with Gasteiger partial charge in [-0.05, 0) is 41.8 Å². The average Bonchev–Trinajstić information content (AvgIpc) is 2.44. The lowest BCUT2D eigenvalue weighted by Crippen LogP contribution is -2.31. The second-order valence-electron chi connectivity index (χ2n) is 4.51. The maximum atomic E-state index is 13.3. The smallest absolute Gasteiger partial charge is 0.271 e. The summed E-state index contributed by atoms with van der Waals surface area (Å²) in [7, 11) is 0. The van der Waals surface area contributed by atoms with Crippen molar-refractivity contribution in [3.8, 4) is 0 Å². The Hall–Kier alpha value is -1.99. The molecule has 0 saturated carbocycles. The Morgan fingerprint density at radius 2 is 2.00 bits per heavy atom. The first-order valence-electron chi connectivity index (χ1n) is 6.13. The van der Waals surface area contributed by atoms with Crippen molar-refractivity contribution in [1.82, 2.24) is 10.4 Å². The number of benzene rings is 1. The molecule has 2 aromatic rings. The molecule has 0 aliphatic heterocycles. The van der Waals surface area contributed by atoms with Gasteiger partial charge in [-0.2, -0.15) is 13.2 Å². The monoisotopic (exact) mass is 299 g/mol. The van der Waals surface area contributed by atoms with Gasteiger partial charge >= 0.3 is 6.18 Å². The molecule has 0 aliphatic carbocycles. The highest BCUT2D eigenvalue weighted by Gasteiger charge is 2.35. The number of nitrogens with zero attached hydrogens (tertiary/aromatic N) is 1. The molecular weight excluding hydrogens is 286 g/mol. The summed E-state index contributed by atoms with van der Waals surface area (Å²) in [5.41, 5.74) is 1.87. The van der Waals surface area contributed by atoms with Gasteiger partial charge in [-0.15, -0.1) is 0 Å². The van der Waals surface area contributed by atoms with Crippen LogP contribution in [-0.4, -0.2) is 4.98 Å². The highest BCUT2D eigenvalue weighted by molar-refractivity contribution is 5.34. The SMILES string of the molecule is NNC(Cc1cccnc1)c1cc(F)ccc1C(F)(F)F. The zero-order valence-electron chi connectivity index (χ0n) is 10.9.